The fourth-order valence-electron chi connectivity index (χ4n) is 3.56. The van der Waals surface area contributed by atoms with E-state index in [1.165, 1.54) is 0 Å². The minimum absolute atomic E-state index is 0.0447. The van der Waals surface area contributed by atoms with E-state index in [0.29, 0.717) is 19.6 Å². The van der Waals surface area contributed by atoms with Gasteiger partial charge in [0.25, 0.3) is 0 Å². The van der Waals surface area contributed by atoms with E-state index in [-0.39, 0.29) is 16.7 Å². The summed E-state index contributed by atoms with van der Waals surface area (Å²) in [5.41, 5.74) is -0.361. The summed E-state index contributed by atoms with van der Waals surface area (Å²) < 4.78 is 23.8. The Bertz CT molecular complexity index is 354. The van der Waals surface area contributed by atoms with Crippen LogP contribution >= 0.6 is 7.60 Å². The molecule has 0 aromatic rings. The van der Waals surface area contributed by atoms with Gasteiger partial charge < -0.3 is 14.2 Å². The van der Waals surface area contributed by atoms with Gasteiger partial charge >= 0.3 is 7.60 Å². The van der Waals surface area contributed by atoms with Crippen molar-refractivity contribution in [3.8, 4) is 0 Å². The highest BCUT2D eigenvalue weighted by Crippen LogP contribution is 2.72. The summed E-state index contributed by atoms with van der Waals surface area (Å²) in [5, 5.41) is 10.8. The summed E-state index contributed by atoms with van der Waals surface area (Å²) in [6, 6.07) is 0. The Balaban J connectivity index is 2.98. The molecule has 0 unspecified atom stereocenters. The maximum atomic E-state index is 12.9. The standard InChI is InChI=1S/C15H31O4P/c1-8-11(20(17,18-9-2)19-10-3)12(16)13-14(4,5)15(13,6)7/h11-13,16H,8-10H2,1-7H3/t11-,12+/m0/s1. The SMILES string of the molecule is CCOP(=O)(OCC)[C@@H](CC)[C@@H](O)C1C(C)(C)C1(C)C. The zero-order valence-electron chi connectivity index (χ0n) is 14.0. The molecule has 0 aromatic carbocycles. The molecular weight excluding hydrogens is 275 g/mol. The first kappa shape index (κ1) is 18.2. The maximum Gasteiger partial charge on any atom is 0.336 e. The van der Waals surface area contributed by atoms with E-state index in [9.17, 15) is 9.67 Å². The maximum absolute atomic E-state index is 12.9. The third-order valence-corrected chi connectivity index (χ3v) is 8.03. The molecule has 0 aliphatic heterocycles. The molecule has 1 N–H and O–H groups in total. The molecule has 120 valence electrons. The van der Waals surface area contributed by atoms with Gasteiger partial charge in [-0.2, -0.15) is 0 Å². The average Bonchev–Trinajstić information content (AvgIpc) is 2.70. The molecular formula is C15H31O4P. The van der Waals surface area contributed by atoms with Crippen molar-refractivity contribution < 1.29 is 18.7 Å². The van der Waals surface area contributed by atoms with Gasteiger partial charge in [-0.1, -0.05) is 34.6 Å². The predicted octanol–water partition coefficient (Wildman–Crippen LogP) is 4.07. The Hall–Kier alpha value is 0.110. The molecule has 0 spiro atoms. The first-order valence-electron chi connectivity index (χ1n) is 7.67. The molecule has 1 fully saturated rings. The van der Waals surface area contributed by atoms with Gasteiger partial charge in [0.15, 0.2) is 0 Å². The van der Waals surface area contributed by atoms with Crippen LogP contribution in [-0.2, 0) is 13.6 Å². The summed E-state index contributed by atoms with van der Waals surface area (Å²) in [7, 11) is -3.26. The van der Waals surface area contributed by atoms with Crippen LogP contribution in [0.15, 0.2) is 0 Å². The molecule has 20 heavy (non-hydrogen) atoms. The van der Waals surface area contributed by atoms with E-state index < -0.39 is 19.4 Å². The van der Waals surface area contributed by atoms with Crippen molar-refractivity contribution in [3.63, 3.8) is 0 Å². The minimum Gasteiger partial charge on any atom is -0.392 e. The molecule has 1 saturated carbocycles. The van der Waals surface area contributed by atoms with Crippen molar-refractivity contribution in [2.75, 3.05) is 13.2 Å². The molecule has 0 radical (unpaired) electrons. The van der Waals surface area contributed by atoms with Crippen LogP contribution in [0.5, 0.6) is 0 Å². The van der Waals surface area contributed by atoms with Crippen LogP contribution < -0.4 is 0 Å². The summed E-state index contributed by atoms with van der Waals surface area (Å²) in [5.74, 6) is 0.120. The van der Waals surface area contributed by atoms with E-state index in [1.54, 1.807) is 13.8 Å². The molecule has 0 heterocycles. The van der Waals surface area contributed by atoms with Gasteiger partial charge in [0.1, 0.15) is 0 Å². The normalized spacial score (nSPS) is 24.4. The zero-order valence-corrected chi connectivity index (χ0v) is 14.9. The predicted molar refractivity (Wildman–Crippen MR) is 82.0 cm³/mol. The molecule has 4 nitrogen and oxygen atoms in total. The monoisotopic (exact) mass is 306 g/mol. The summed E-state index contributed by atoms with van der Waals surface area (Å²) in [6.07, 6.45) is -0.0740. The van der Waals surface area contributed by atoms with Gasteiger partial charge in [0, 0.05) is 0 Å². The third kappa shape index (κ3) is 2.85. The second-order valence-corrected chi connectivity index (χ2v) is 9.02. The second kappa shape index (κ2) is 6.08. The molecule has 2 atom stereocenters. The summed E-state index contributed by atoms with van der Waals surface area (Å²) in [4.78, 5) is 0. The first-order valence-corrected chi connectivity index (χ1v) is 9.28. The summed E-state index contributed by atoms with van der Waals surface area (Å²) in [6.45, 7) is 14.8. The van der Waals surface area contributed by atoms with Crippen molar-refractivity contribution in [2.45, 2.75) is 66.6 Å². The fourth-order valence-corrected chi connectivity index (χ4v) is 5.73. The van der Waals surface area contributed by atoms with E-state index in [0.717, 1.165) is 0 Å². The molecule has 1 aliphatic carbocycles. The summed E-state index contributed by atoms with van der Waals surface area (Å²) >= 11 is 0. The van der Waals surface area contributed by atoms with Crippen LogP contribution in [0.4, 0.5) is 0 Å². The Morgan fingerprint density at radius 3 is 1.70 bits per heavy atom. The molecule has 0 saturated heterocycles. The zero-order chi connectivity index (χ0) is 15.8. The number of aliphatic hydroxyl groups excluding tert-OH is 1. The Morgan fingerprint density at radius 2 is 1.45 bits per heavy atom. The third-order valence-electron chi connectivity index (χ3n) is 5.31. The average molecular weight is 306 g/mol. The quantitative estimate of drug-likeness (QED) is 0.687. The second-order valence-electron chi connectivity index (χ2n) is 6.76. The van der Waals surface area contributed by atoms with Gasteiger partial charge in [-0.3, -0.25) is 4.57 Å². The van der Waals surface area contributed by atoms with Crippen molar-refractivity contribution in [2.24, 2.45) is 16.7 Å². The smallest absolute Gasteiger partial charge is 0.336 e. The van der Waals surface area contributed by atoms with Gasteiger partial charge in [-0.25, -0.2) is 0 Å². The van der Waals surface area contributed by atoms with E-state index >= 15 is 0 Å². The van der Waals surface area contributed by atoms with E-state index in [2.05, 4.69) is 27.7 Å². The van der Waals surface area contributed by atoms with Gasteiger partial charge in [0.2, 0.25) is 0 Å². The van der Waals surface area contributed by atoms with E-state index in [1.807, 2.05) is 6.92 Å². The lowest BCUT2D eigenvalue weighted by Gasteiger charge is -2.30. The molecule has 5 heteroatoms. The van der Waals surface area contributed by atoms with Crippen molar-refractivity contribution in [3.05, 3.63) is 0 Å². The van der Waals surface area contributed by atoms with Crippen LogP contribution in [0.3, 0.4) is 0 Å². The molecule has 0 aromatic heterocycles. The molecule has 0 bridgehead atoms. The topological polar surface area (TPSA) is 55.8 Å². The van der Waals surface area contributed by atoms with Crippen LogP contribution in [-0.4, -0.2) is 30.1 Å². The highest BCUT2D eigenvalue weighted by atomic mass is 31.2. The Morgan fingerprint density at radius 1 is 1.05 bits per heavy atom. The largest absolute Gasteiger partial charge is 0.392 e. The highest BCUT2D eigenvalue weighted by molar-refractivity contribution is 7.54. The first-order chi connectivity index (χ1) is 9.10. The minimum atomic E-state index is -3.26. The van der Waals surface area contributed by atoms with Crippen LogP contribution in [0.25, 0.3) is 0 Å². The number of aliphatic hydroxyl groups is 1. The van der Waals surface area contributed by atoms with Crippen LogP contribution in [0.2, 0.25) is 0 Å². The Kier molecular flexibility index (Phi) is 5.52. The highest BCUT2D eigenvalue weighted by Gasteiger charge is 2.69. The fraction of sp³-hybridized carbons (Fsp3) is 1.00. The van der Waals surface area contributed by atoms with Crippen molar-refractivity contribution in [1.82, 2.24) is 0 Å². The lowest BCUT2D eigenvalue weighted by atomic mass is 10.0. The number of hydrogen-bond donors (Lipinski definition) is 1. The van der Waals surface area contributed by atoms with Gasteiger partial charge in [-0.05, 0) is 37.0 Å². The molecule has 1 aliphatic rings. The Labute approximate surface area is 123 Å². The molecule has 1 rings (SSSR count). The van der Waals surface area contributed by atoms with Gasteiger partial charge in [-0.15, -0.1) is 0 Å². The van der Waals surface area contributed by atoms with Crippen molar-refractivity contribution in [1.29, 1.82) is 0 Å². The van der Waals surface area contributed by atoms with Crippen LogP contribution in [0, 0.1) is 16.7 Å². The van der Waals surface area contributed by atoms with Crippen molar-refractivity contribution >= 4 is 7.60 Å². The van der Waals surface area contributed by atoms with Gasteiger partial charge in [0.05, 0.1) is 25.0 Å². The van der Waals surface area contributed by atoms with E-state index in [4.69, 9.17) is 9.05 Å². The number of hydrogen-bond acceptors (Lipinski definition) is 4. The lowest BCUT2D eigenvalue weighted by Crippen LogP contribution is -2.31. The van der Waals surface area contributed by atoms with Crippen LogP contribution in [0.1, 0.15) is 54.9 Å². The molecule has 0 amide bonds. The number of rotatable bonds is 8. The lowest BCUT2D eigenvalue weighted by molar-refractivity contribution is 0.102.